The number of rotatable bonds is 2. The molecule has 0 saturated heterocycles. The summed E-state index contributed by atoms with van der Waals surface area (Å²) in [6.07, 6.45) is 0.953. The molecule has 2 aromatic rings. The normalized spacial score (nSPS) is 10.4. The molecule has 0 spiro atoms. The van der Waals surface area contributed by atoms with E-state index in [2.05, 4.69) is 4.98 Å². The molecule has 0 bridgehead atoms. The third kappa shape index (κ3) is 2.49. The first-order valence-corrected chi connectivity index (χ1v) is 5.25. The minimum atomic E-state index is -0.714. The molecule has 0 fully saturated rings. The zero-order valence-corrected chi connectivity index (χ0v) is 8.84. The van der Waals surface area contributed by atoms with Crippen molar-refractivity contribution in [3.8, 4) is 5.75 Å². The Balaban J connectivity index is 2.27. The number of aromatic nitrogens is 1. The molecule has 2 rings (SSSR count). The van der Waals surface area contributed by atoms with E-state index in [0.29, 0.717) is 4.90 Å². The Kier molecular flexibility index (Phi) is 3.05. The fraction of sp³-hybridized carbons (Fsp3) is 0. The fourth-order valence-corrected chi connectivity index (χ4v) is 1.95. The van der Waals surface area contributed by atoms with E-state index in [-0.39, 0.29) is 10.8 Å². The van der Waals surface area contributed by atoms with Crippen LogP contribution >= 0.6 is 11.8 Å². The molecule has 1 aromatic carbocycles. The number of hydrogen-bond acceptors (Lipinski definition) is 3. The van der Waals surface area contributed by atoms with Crippen LogP contribution in [-0.2, 0) is 0 Å². The predicted octanol–water partition coefficient (Wildman–Crippen LogP) is 3.22. The molecule has 0 radical (unpaired) electrons. The van der Waals surface area contributed by atoms with Gasteiger partial charge in [0, 0.05) is 11.0 Å². The lowest BCUT2D eigenvalue weighted by Gasteiger charge is -2.02. The first kappa shape index (κ1) is 10.9. The second kappa shape index (κ2) is 4.49. The quantitative estimate of drug-likeness (QED) is 0.873. The molecule has 0 atom stereocenters. The third-order valence-corrected chi connectivity index (χ3v) is 2.79. The van der Waals surface area contributed by atoms with Crippen LogP contribution in [0.25, 0.3) is 0 Å². The average molecular weight is 239 g/mol. The van der Waals surface area contributed by atoms with Crippen molar-refractivity contribution >= 4 is 11.8 Å². The summed E-state index contributed by atoms with van der Waals surface area (Å²) in [7, 11) is 0. The first-order chi connectivity index (χ1) is 7.65. The van der Waals surface area contributed by atoms with Crippen LogP contribution in [0.5, 0.6) is 5.75 Å². The van der Waals surface area contributed by atoms with Gasteiger partial charge in [-0.2, -0.15) is 0 Å². The van der Waals surface area contributed by atoms with Crippen molar-refractivity contribution in [2.75, 3.05) is 0 Å². The summed E-state index contributed by atoms with van der Waals surface area (Å²) in [4.78, 5) is 4.27. The van der Waals surface area contributed by atoms with E-state index in [0.717, 1.165) is 24.0 Å². The van der Waals surface area contributed by atoms with Gasteiger partial charge in [-0.15, -0.1) is 0 Å². The number of pyridine rings is 1. The number of phenolic OH excluding ortho intramolecular Hbond substituents is 1. The van der Waals surface area contributed by atoms with Gasteiger partial charge in [0.2, 0.25) is 0 Å². The lowest BCUT2D eigenvalue weighted by atomic mass is 10.3. The van der Waals surface area contributed by atoms with E-state index >= 15 is 0 Å². The zero-order chi connectivity index (χ0) is 11.5. The number of benzene rings is 1. The molecular weight excluding hydrogens is 232 g/mol. The molecule has 0 amide bonds. The van der Waals surface area contributed by atoms with Crippen molar-refractivity contribution in [1.82, 2.24) is 4.98 Å². The maximum atomic E-state index is 13.3. The minimum absolute atomic E-state index is 0.0759. The predicted molar refractivity (Wildman–Crippen MR) is 56.4 cm³/mol. The van der Waals surface area contributed by atoms with Crippen molar-refractivity contribution in [3.63, 3.8) is 0 Å². The monoisotopic (exact) mass is 239 g/mol. The maximum Gasteiger partial charge on any atom is 0.158 e. The highest BCUT2D eigenvalue weighted by Gasteiger charge is 2.07. The second-order valence-electron chi connectivity index (χ2n) is 3.04. The lowest BCUT2D eigenvalue weighted by Crippen LogP contribution is -1.88. The molecule has 1 N–H and O–H groups in total. The van der Waals surface area contributed by atoms with Gasteiger partial charge in [0.15, 0.2) is 5.82 Å². The molecule has 1 aromatic heterocycles. The van der Waals surface area contributed by atoms with Crippen LogP contribution in [-0.4, -0.2) is 10.1 Å². The molecule has 0 aliphatic rings. The molecule has 16 heavy (non-hydrogen) atoms. The molecule has 0 unspecified atom stereocenters. The van der Waals surface area contributed by atoms with Crippen molar-refractivity contribution in [2.24, 2.45) is 0 Å². The van der Waals surface area contributed by atoms with Crippen LogP contribution in [0.3, 0.4) is 0 Å². The van der Waals surface area contributed by atoms with Crippen LogP contribution in [0.15, 0.2) is 46.5 Å². The lowest BCUT2D eigenvalue weighted by molar-refractivity contribution is 0.474. The Morgan fingerprint density at radius 2 is 2.00 bits per heavy atom. The second-order valence-corrected chi connectivity index (χ2v) is 4.10. The highest BCUT2D eigenvalue weighted by molar-refractivity contribution is 7.99. The van der Waals surface area contributed by atoms with Crippen LogP contribution in [0, 0.1) is 11.6 Å². The number of nitrogens with zero attached hydrogens (tertiary/aromatic N) is 1. The maximum absolute atomic E-state index is 13.3. The van der Waals surface area contributed by atoms with Gasteiger partial charge >= 0.3 is 0 Å². The van der Waals surface area contributed by atoms with Crippen molar-refractivity contribution in [3.05, 3.63) is 48.2 Å². The van der Waals surface area contributed by atoms with Crippen molar-refractivity contribution < 1.29 is 13.9 Å². The summed E-state index contributed by atoms with van der Waals surface area (Å²) < 4.78 is 25.8. The van der Waals surface area contributed by atoms with E-state index in [4.69, 9.17) is 0 Å². The molecule has 0 saturated carbocycles. The average Bonchev–Trinajstić information content (AvgIpc) is 2.22. The SMILES string of the molecule is Oc1cccc(Sc2ncc(F)cc2F)c1. The first-order valence-electron chi connectivity index (χ1n) is 4.43. The van der Waals surface area contributed by atoms with E-state index in [1.54, 1.807) is 12.1 Å². The smallest absolute Gasteiger partial charge is 0.158 e. The topological polar surface area (TPSA) is 33.1 Å². The zero-order valence-electron chi connectivity index (χ0n) is 8.02. The van der Waals surface area contributed by atoms with Gasteiger partial charge < -0.3 is 5.11 Å². The largest absolute Gasteiger partial charge is 0.508 e. The molecule has 5 heteroatoms. The number of phenols is 1. The summed E-state index contributed by atoms with van der Waals surface area (Å²) >= 11 is 1.02. The molecule has 2 nitrogen and oxygen atoms in total. The van der Waals surface area contributed by atoms with Gasteiger partial charge in [0.05, 0.1) is 6.20 Å². The van der Waals surface area contributed by atoms with Gasteiger partial charge in [0.25, 0.3) is 0 Å². The highest BCUT2D eigenvalue weighted by Crippen LogP contribution is 2.29. The van der Waals surface area contributed by atoms with Crippen LogP contribution in [0.4, 0.5) is 8.78 Å². The van der Waals surface area contributed by atoms with Crippen LogP contribution < -0.4 is 0 Å². The van der Waals surface area contributed by atoms with E-state index in [1.165, 1.54) is 12.1 Å². The Bertz CT molecular complexity index is 519. The van der Waals surface area contributed by atoms with Crippen LogP contribution in [0.2, 0.25) is 0 Å². The van der Waals surface area contributed by atoms with Gasteiger partial charge in [-0.1, -0.05) is 17.8 Å². The summed E-state index contributed by atoms with van der Waals surface area (Å²) in [5, 5.41) is 9.29. The number of hydrogen-bond donors (Lipinski definition) is 1. The van der Waals surface area contributed by atoms with Gasteiger partial charge in [0.1, 0.15) is 16.6 Å². The van der Waals surface area contributed by atoms with Gasteiger partial charge in [-0.3, -0.25) is 0 Å². The van der Waals surface area contributed by atoms with Crippen molar-refractivity contribution in [2.45, 2.75) is 9.92 Å². The Hall–Kier alpha value is -1.62. The van der Waals surface area contributed by atoms with Gasteiger partial charge in [-0.05, 0) is 18.2 Å². The number of aromatic hydroxyl groups is 1. The molecule has 0 aliphatic carbocycles. The van der Waals surface area contributed by atoms with Crippen LogP contribution in [0.1, 0.15) is 0 Å². The third-order valence-electron chi connectivity index (χ3n) is 1.81. The standard InChI is InChI=1S/C11H7F2NOS/c12-7-4-10(13)11(14-6-7)16-9-3-1-2-8(15)5-9/h1-6,15H. The van der Waals surface area contributed by atoms with Gasteiger partial charge in [-0.25, -0.2) is 13.8 Å². The molecular formula is C11H7F2NOS. The fourth-order valence-electron chi connectivity index (χ4n) is 1.14. The Labute approximate surface area is 95.0 Å². The minimum Gasteiger partial charge on any atom is -0.508 e. The highest BCUT2D eigenvalue weighted by atomic mass is 32.2. The summed E-state index contributed by atoms with van der Waals surface area (Å²) in [6.45, 7) is 0. The Morgan fingerprint density at radius 1 is 1.19 bits per heavy atom. The molecule has 1 heterocycles. The van der Waals surface area contributed by atoms with E-state index in [9.17, 15) is 13.9 Å². The van der Waals surface area contributed by atoms with Crippen molar-refractivity contribution in [1.29, 1.82) is 0 Å². The number of halogens is 2. The molecule has 0 aliphatic heterocycles. The van der Waals surface area contributed by atoms with E-state index in [1.807, 2.05) is 0 Å². The summed E-state index contributed by atoms with van der Waals surface area (Å²) in [5.74, 6) is -1.33. The Morgan fingerprint density at radius 3 is 2.69 bits per heavy atom. The summed E-state index contributed by atoms with van der Waals surface area (Å²) in [6, 6.07) is 7.11. The summed E-state index contributed by atoms with van der Waals surface area (Å²) in [5.41, 5.74) is 0. The molecule has 82 valence electrons. The van der Waals surface area contributed by atoms with E-state index < -0.39 is 11.6 Å².